The maximum Gasteiger partial charge on any atom is 0.328 e. The van der Waals surface area contributed by atoms with Gasteiger partial charge in [-0.3, -0.25) is 19.7 Å². The summed E-state index contributed by atoms with van der Waals surface area (Å²) in [5, 5.41) is 15.9. The van der Waals surface area contributed by atoms with E-state index in [9.17, 15) is 24.5 Å². The summed E-state index contributed by atoms with van der Waals surface area (Å²) in [5.74, 6) is -1.52. The Kier molecular flexibility index (Phi) is 6.19. The van der Waals surface area contributed by atoms with Crippen LogP contribution in [0.3, 0.4) is 0 Å². The summed E-state index contributed by atoms with van der Waals surface area (Å²) in [6.45, 7) is 2.49. The van der Waals surface area contributed by atoms with Gasteiger partial charge >= 0.3 is 5.97 Å². The van der Waals surface area contributed by atoms with Crippen molar-refractivity contribution in [1.82, 2.24) is 5.32 Å². The minimum Gasteiger partial charge on any atom is -0.467 e. The Morgan fingerprint density at radius 2 is 1.91 bits per heavy atom. The zero-order chi connectivity index (χ0) is 17.6. The first-order valence-corrected chi connectivity index (χ1v) is 6.64. The van der Waals surface area contributed by atoms with Gasteiger partial charge in [0.25, 0.3) is 5.69 Å². The molecule has 0 aliphatic heterocycles. The molecule has 2 amide bonds. The van der Waals surface area contributed by atoms with Crippen LogP contribution in [0.1, 0.15) is 19.4 Å². The second-order valence-corrected chi connectivity index (χ2v) is 4.77. The quantitative estimate of drug-likeness (QED) is 0.452. The van der Waals surface area contributed by atoms with Crippen LogP contribution >= 0.6 is 0 Å². The molecule has 9 nitrogen and oxygen atoms in total. The fraction of sp³-hybridized carbons (Fsp3) is 0.357. The minimum atomic E-state index is -0.955. The first kappa shape index (κ1) is 18.1. The third-order valence-corrected chi connectivity index (χ3v) is 2.87. The number of carbonyl (C=O) groups excluding carboxylic acids is 3. The molecule has 9 heteroatoms. The highest BCUT2D eigenvalue weighted by Gasteiger charge is 2.23. The number of rotatable bonds is 6. The van der Waals surface area contributed by atoms with Gasteiger partial charge in [-0.25, -0.2) is 4.79 Å². The van der Waals surface area contributed by atoms with E-state index in [4.69, 9.17) is 0 Å². The third kappa shape index (κ3) is 5.38. The molecular formula is C14H17N3O6. The second-order valence-electron chi connectivity index (χ2n) is 4.77. The lowest BCUT2D eigenvalue weighted by Gasteiger charge is -2.15. The van der Waals surface area contributed by atoms with Crippen LogP contribution in [-0.4, -0.2) is 35.9 Å². The molecule has 0 fully saturated rings. The van der Waals surface area contributed by atoms with E-state index < -0.39 is 28.7 Å². The lowest BCUT2D eigenvalue weighted by atomic mass is 10.0. The van der Waals surface area contributed by atoms with Crippen molar-refractivity contribution in [3.63, 3.8) is 0 Å². The van der Waals surface area contributed by atoms with Gasteiger partial charge in [0.2, 0.25) is 11.8 Å². The summed E-state index contributed by atoms with van der Waals surface area (Å²) < 4.78 is 4.59. The number of anilines is 1. The molecule has 0 unspecified atom stereocenters. The molecule has 2 N–H and O–H groups in total. The Morgan fingerprint density at radius 3 is 2.39 bits per heavy atom. The van der Waals surface area contributed by atoms with Gasteiger partial charge in [-0.15, -0.1) is 0 Å². The van der Waals surface area contributed by atoms with Gasteiger partial charge in [0.1, 0.15) is 11.7 Å². The van der Waals surface area contributed by atoms with Crippen molar-refractivity contribution < 1.29 is 24.0 Å². The molecule has 0 aliphatic rings. The maximum absolute atomic E-state index is 11.7. The highest BCUT2D eigenvalue weighted by molar-refractivity contribution is 5.91. The summed E-state index contributed by atoms with van der Waals surface area (Å²) in [6, 6.07) is 3.18. The smallest absolute Gasteiger partial charge is 0.328 e. The number of esters is 1. The van der Waals surface area contributed by atoms with Crippen molar-refractivity contribution in [3.8, 4) is 0 Å². The number of carbonyl (C=O) groups is 3. The van der Waals surface area contributed by atoms with Crippen molar-refractivity contribution in [3.05, 3.63) is 33.9 Å². The van der Waals surface area contributed by atoms with E-state index in [2.05, 4.69) is 15.4 Å². The van der Waals surface area contributed by atoms with Gasteiger partial charge in [-0.05, 0) is 11.6 Å². The summed E-state index contributed by atoms with van der Waals surface area (Å²) in [4.78, 5) is 44.3. The van der Waals surface area contributed by atoms with Gasteiger partial charge in [0.15, 0.2) is 0 Å². The highest BCUT2D eigenvalue weighted by Crippen LogP contribution is 2.26. The molecule has 1 aromatic carbocycles. The summed E-state index contributed by atoms with van der Waals surface area (Å²) in [5.41, 5.74) is 0.194. The van der Waals surface area contributed by atoms with Crippen LogP contribution in [0, 0.1) is 10.1 Å². The molecule has 0 spiro atoms. The number of nitrogens with zero attached hydrogens (tertiary/aromatic N) is 1. The normalized spacial score (nSPS) is 11.3. The molecule has 0 aromatic heterocycles. The molecule has 0 heterocycles. The molecule has 1 aromatic rings. The fourth-order valence-electron chi connectivity index (χ4n) is 1.97. The monoisotopic (exact) mass is 323 g/mol. The molecule has 1 rings (SSSR count). The van der Waals surface area contributed by atoms with Gasteiger partial charge < -0.3 is 15.4 Å². The first-order valence-electron chi connectivity index (χ1n) is 6.64. The maximum atomic E-state index is 11.7. The molecule has 0 saturated heterocycles. The molecule has 124 valence electrons. The average molecular weight is 323 g/mol. The predicted octanol–water partition coefficient (Wildman–Crippen LogP) is 0.773. The number of ether oxygens (including phenoxy) is 1. The van der Waals surface area contributed by atoms with Crippen LogP contribution in [0.4, 0.5) is 11.4 Å². The van der Waals surface area contributed by atoms with Gasteiger partial charge in [0, 0.05) is 26.3 Å². The third-order valence-electron chi connectivity index (χ3n) is 2.87. The predicted molar refractivity (Wildman–Crippen MR) is 80.7 cm³/mol. The van der Waals surface area contributed by atoms with Crippen molar-refractivity contribution in [1.29, 1.82) is 0 Å². The zero-order valence-electron chi connectivity index (χ0n) is 12.9. The van der Waals surface area contributed by atoms with E-state index in [0.29, 0.717) is 5.56 Å². The van der Waals surface area contributed by atoms with Crippen LogP contribution in [0.5, 0.6) is 0 Å². The number of benzene rings is 1. The standard InChI is InChI=1S/C14H17N3O6/c1-8(18)15-11-5-4-10(7-13(11)17(21)22)6-12(14(20)23-3)16-9(2)19/h4-5,7,12H,6H2,1-3H3,(H,15,18)(H,16,19)/t12-/m0/s1. The number of nitro benzene ring substituents is 1. The number of amides is 2. The highest BCUT2D eigenvalue weighted by atomic mass is 16.6. The Balaban J connectivity index is 3.09. The number of hydrogen-bond donors (Lipinski definition) is 2. The molecule has 0 aliphatic carbocycles. The lowest BCUT2D eigenvalue weighted by Crippen LogP contribution is -2.42. The van der Waals surface area contributed by atoms with Gasteiger partial charge in [-0.1, -0.05) is 6.07 Å². The number of nitro groups is 1. The van der Waals surface area contributed by atoms with Crippen LogP contribution in [0.2, 0.25) is 0 Å². The van der Waals surface area contributed by atoms with Crippen LogP contribution < -0.4 is 10.6 Å². The Labute approximate surface area is 132 Å². The summed E-state index contributed by atoms with van der Waals surface area (Å²) >= 11 is 0. The van der Waals surface area contributed by atoms with E-state index in [0.717, 1.165) is 0 Å². The van der Waals surface area contributed by atoms with Gasteiger partial charge in [0.05, 0.1) is 12.0 Å². The van der Waals surface area contributed by atoms with Gasteiger partial charge in [-0.2, -0.15) is 0 Å². The Hall–Kier alpha value is -2.97. The van der Waals surface area contributed by atoms with Crippen LogP contribution in [0.15, 0.2) is 18.2 Å². The second kappa shape index (κ2) is 7.87. The van der Waals surface area contributed by atoms with Crippen LogP contribution in [-0.2, 0) is 25.5 Å². The van der Waals surface area contributed by atoms with E-state index in [-0.39, 0.29) is 17.8 Å². The molecule has 23 heavy (non-hydrogen) atoms. The molecule has 0 bridgehead atoms. The van der Waals surface area contributed by atoms with Crippen LogP contribution in [0.25, 0.3) is 0 Å². The largest absolute Gasteiger partial charge is 0.467 e. The van der Waals surface area contributed by atoms with E-state index in [1.54, 1.807) is 0 Å². The lowest BCUT2D eigenvalue weighted by molar-refractivity contribution is -0.384. The van der Waals surface area contributed by atoms with E-state index in [1.807, 2.05) is 0 Å². The molecular weight excluding hydrogens is 306 g/mol. The number of hydrogen-bond acceptors (Lipinski definition) is 6. The fourth-order valence-corrected chi connectivity index (χ4v) is 1.97. The van der Waals surface area contributed by atoms with Crippen molar-refractivity contribution in [2.75, 3.05) is 12.4 Å². The Bertz CT molecular complexity index is 643. The summed E-state index contributed by atoms with van der Waals surface area (Å²) in [7, 11) is 1.18. The first-order chi connectivity index (χ1) is 10.7. The van der Waals surface area contributed by atoms with E-state index in [1.165, 1.54) is 39.2 Å². The minimum absolute atomic E-state index is 0.0213. The zero-order valence-corrected chi connectivity index (χ0v) is 12.9. The molecule has 0 saturated carbocycles. The van der Waals surface area contributed by atoms with Crippen molar-refractivity contribution in [2.24, 2.45) is 0 Å². The number of methoxy groups -OCH3 is 1. The Morgan fingerprint density at radius 1 is 1.26 bits per heavy atom. The van der Waals surface area contributed by atoms with E-state index >= 15 is 0 Å². The number of nitrogens with one attached hydrogen (secondary N) is 2. The molecule has 0 radical (unpaired) electrons. The van der Waals surface area contributed by atoms with Crippen molar-refractivity contribution in [2.45, 2.75) is 26.3 Å². The average Bonchev–Trinajstić information content (AvgIpc) is 2.46. The molecule has 1 atom stereocenters. The summed E-state index contributed by atoms with van der Waals surface area (Å²) in [6.07, 6.45) is 0.0213. The topological polar surface area (TPSA) is 128 Å². The van der Waals surface area contributed by atoms with Crippen molar-refractivity contribution >= 4 is 29.2 Å². The SMILES string of the molecule is COC(=O)[C@H](Cc1ccc(NC(C)=O)c([N+](=O)[O-])c1)NC(C)=O.